The predicted octanol–water partition coefficient (Wildman–Crippen LogP) is 5.13. The zero-order chi connectivity index (χ0) is 22.7. The summed E-state index contributed by atoms with van der Waals surface area (Å²) in [6.07, 6.45) is 2.82. The minimum atomic E-state index is -0.0138. The van der Waals surface area contributed by atoms with Gasteiger partial charge in [-0.3, -0.25) is 9.48 Å². The fraction of sp³-hybridized carbons (Fsp3) is 0.346. The molecule has 2 aromatic carbocycles. The van der Waals surface area contributed by atoms with Crippen LogP contribution >= 0.6 is 0 Å². The van der Waals surface area contributed by atoms with Gasteiger partial charge in [-0.25, -0.2) is 4.68 Å². The lowest BCUT2D eigenvalue weighted by Crippen LogP contribution is -2.17. The number of carbonyl (C=O) groups is 1. The van der Waals surface area contributed by atoms with Gasteiger partial charge in [0.15, 0.2) is 0 Å². The van der Waals surface area contributed by atoms with Crippen molar-refractivity contribution in [3.8, 4) is 0 Å². The number of hydrogen-bond donors (Lipinski definition) is 1. The molecule has 6 nitrogen and oxygen atoms in total. The van der Waals surface area contributed by atoms with Crippen molar-refractivity contribution in [2.24, 2.45) is 5.92 Å². The number of nitrogens with zero attached hydrogens (tertiary/aromatic N) is 4. The largest absolute Gasteiger partial charge is 0.311 e. The summed E-state index contributed by atoms with van der Waals surface area (Å²) in [5.41, 5.74) is 4.51. The Labute approximate surface area is 189 Å². The Morgan fingerprint density at radius 2 is 1.81 bits per heavy atom. The summed E-state index contributed by atoms with van der Waals surface area (Å²) in [6, 6.07) is 16.4. The zero-order valence-electron chi connectivity index (χ0n) is 19.3. The van der Waals surface area contributed by atoms with Gasteiger partial charge >= 0.3 is 0 Å². The van der Waals surface area contributed by atoms with Crippen LogP contribution in [0.1, 0.15) is 42.8 Å². The van der Waals surface area contributed by atoms with E-state index in [0.717, 1.165) is 17.9 Å². The number of carbonyl (C=O) groups excluding carboxylic acids is 1. The molecule has 4 aromatic rings. The van der Waals surface area contributed by atoms with Crippen LogP contribution in [0.2, 0.25) is 0 Å². The number of anilines is 1. The van der Waals surface area contributed by atoms with Gasteiger partial charge in [0.25, 0.3) is 0 Å². The Kier molecular flexibility index (Phi) is 6.40. The smallest absolute Gasteiger partial charge is 0.225 e. The van der Waals surface area contributed by atoms with Crippen molar-refractivity contribution in [2.45, 2.75) is 53.6 Å². The molecule has 0 aliphatic rings. The van der Waals surface area contributed by atoms with Crippen LogP contribution in [0, 0.1) is 19.8 Å². The molecule has 0 aliphatic heterocycles. The molecule has 0 radical (unpaired) electrons. The standard InChI is InChI=1S/C26H31N5O/c1-18(2)16-30-20(4)23(19(3)29-30)12-13-26(32)28-25-14-15-27-31(25)17-22-10-7-9-21-8-5-6-11-24(21)22/h5-11,14-15,18H,12-13,16-17H2,1-4H3,(H,28,32). The molecule has 0 fully saturated rings. The van der Waals surface area contributed by atoms with Crippen molar-refractivity contribution in [3.63, 3.8) is 0 Å². The Bertz CT molecular complexity index is 1230. The van der Waals surface area contributed by atoms with Crippen LogP contribution in [-0.4, -0.2) is 25.5 Å². The summed E-state index contributed by atoms with van der Waals surface area (Å²) in [4.78, 5) is 12.7. The normalized spacial score (nSPS) is 11.4. The fourth-order valence-electron chi connectivity index (χ4n) is 4.22. The average Bonchev–Trinajstić information content (AvgIpc) is 3.30. The average molecular weight is 430 g/mol. The van der Waals surface area contributed by atoms with E-state index >= 15 is 0 Å². The molecule has 6 heteroatoms. The molecule has 0 saturated carbocycles. The van der Waals surface area contributed by atoms with Gasteiger partial charge in [-0.1, -0.05) is 56.3 Å². The minimum Gasteiger partial charge on any atom is -0.311 e. The van der Waals surface area contributed by atoms with Crippen LogP contribution in [0.4, 0.5) is 5.82 Å². The number of aryl methyl sites for hydroxylation is 1. The highest BCUT2D eigenvalue weighted by Gasteiger charge is 2.15. The third-order valence-electron chi connectivity index (χ3n) is 5.86. The Morgan fingerprint density at radius 1 is 1.03 bits per heavy atom. The fourth-order valence-corrected chi connectivity index (χ4v) is 4.22. The highest BCUT2D eigenvalue weighted by Crippen LogP contribution is 2.21. The molecule has 2 heterocycles. The highest BCUT2D eigenvalue weighted by atomic mass is 16.1. The van der Waals surface area contributed by atoms with Gasteiger partial charge in [-0.15, -0.1) is 0 Å². The van der Waals surface area contributed by atoms with E-state index in [1.54, 1.807) is 6.20 Å². The second kappa shape index (κ2) is 9.39. The van der Waals surface area contributed by atoms with E-state index in [4.69, 9.17) is 0 Å². The van der Waals surface area contributed by atoms with Crippen LogP contribution in [-0.2, 0) is 24.3 Å². The maximum Gasteiger partial charge on any atom is 0.225 e. The summed E-state index contributed by atoms with van der Waals surface area (Å²) in [6.45, 7) is 9.98. The Morgan fingerprint density at radius 3 is 2.62 bits per heavy atom. The van der Waals surface area contributed by atoms with Gasteiger partial charge < -0.3 is 5.32 Å². The van der Waals surface area contributed by atoms with Crippen LogP contribution in [0.5, 0.6) is 0 Å². The molecule has 2 aromatic heterocycles. The van der Waals surface area contributed by atoms with Gasteiger partial charge in [-0.05, 0) is 48.1 Å². The van der Waals surface area contributed by atoms with E-state index in [9.17, 15) is 4.79 Å². The molecule has 0 saturated heterocycles. The van der Waals surface area contributed by atoms with E-state index in [1.165, 1.54) is 21.9 Å². The van der Waals surface area contributed by atoms with E-state index in [2.05, 4.69) is 71.3 Å². The Hall–Kier alpha value is -3.41. The van der Waals surface area contributed by atoms with Crippen molar-refractivity contribution >= 4 is 22.5 Å². The number of benzene rings is 2. The lowest BCUT2D eigenvalue weighted by atomic mass is 10.0. The molecular formula is C26H31N5O. The molecule has 0 bridgehead atoms. The summed E-state index contributed by atoms with van der Waals surface area (Å²) >= 11 is 0. The molecule has 0 unspecified atom stereocenters. The summed E-state index contributed by atoms with van der Waals surface area (Å²) < 4.78 is 3.91. The second-order valence-corrected chi connectivity index (χ2v) is 8.79. The number of amides is 1. The van der Waals surface area contributed by atoms with Gasteiger partial charge in [0.05, 0.1) is 18.4 Å². The number of rotatable bonds is 8. The molecule has 1 N–H and O–H groups in total. The molecule has 1 amide bonds. The van der Waals surface area contributed by atoms with Crippen molar-refractivity contribution in [2.75, 3.05) is 5.32 Å². The molecule has 32 heavy (non-hydrogen) atoms. The summed E-state index contributed by atoms with van der Waals surface area (Å²) in [5, 5.41) is 14.5. The van der Waals surface area contributed by atoms with Gasteiger partial charge in [0.2, 0.25) is 5.91 Å². The van der Waals surface area contributed by atoms with Crippen molar-refractivity contribution in [1.82, 2.24) is 19.6 Å². The first-order valence-corrected chi connectivity index (χ1v) is 11.2. The van der Waals surface area contributed by atoms with Gasteiger partial charge in [-0.2, -0.15) is 10.2 Å². The maximum absolute atomic E-state index is 12.7. The maximum atomic E-state index is 12.7. The second-order valence-electron chi connectivity index (χ2n) is 8.79. The molecule has 0 spiro atoms. The van der Waals surface area contributed by atoms with Crippen molar-refractivity contribution < 1.29 is 4.79 Å². The van der Waals surface area contributed by atoms with Gasteiger partial charge in [0, 0.05) is 24.7 Å². The lowest BCUT2D eigenvalue weighted by Gasteiger charge is -2.11. The number of aromatic nitrogens is 4. The quantitative estimate of drug-likeness (QED) is 0.422. The molecule has 166 valence electrons. The molecular weight excluding hydrogens is 398 g/mol. The summed E-state index contributed by atoms with van der Waals surface area (Å²) in [7, 11) is 0. The third kappa shape index (κ3) is 4.74. The number of fused-ring (bicyclic) bond motifs is 1. The van der Waals surface area contributed by atoms with E-state index < -0.39 is 0 Å². The monoisotopic (exact) mass is 429 g/mol. The number of hydrogen-bond acceptors (Lipinski definition) is 3. The first-order chi connectivity index (χ1) is 15.4. The highest BCUT2D eigenvalue weighted by molar-refractivity contribution is 5.90. The predicted molar refractivity (Wildman–Crippen MR) is 129 cm³/mol. The lowest BCUT2D eigenvalue weighted by molar-refractivity contribution is -0.116. The summed E-state index contributed by atoms with van der Waals surface area (Å²) in [5.74, 6) is 1.23. The zero-order valence-corrected chi connectivity index (χ0v) is 19.3. The molecule has 0 aliphatic carbocycles. The van der Waals surface area contributed by atoms with Crippen LogP contribution in [0.3, 0.4) is 0 Å². The topological polar surface area (TPSA) is 64.7 Å². The van der Waals surface area contributed by atoms with E-state index in [1.807, 2.05) is 29.8 Å². The third-order valence-corrected chi connectivity index (χ3v) is 5.86. The molecule has 0 atom stereocenters. The van der Waals surface area contributed by atoms with E-state index in [-0.39, 0.29) is 5.91 Å². The Balaban J connectivity index is 1.42. The van der Waals surface area contributed by atoms with Crippen molar-refractivity contribution in [1.29, 1.82) is 0 Å². The SMILES string of the molecule is Cc1nn(CC(C)C)c(C)c1CCC(=O)Nc1ccnn1Cc1cccc2ccccc12. The van der Waals surface area contributed by atoms with E-state index in [0.29, 0.717) is 31.1 Å². The first-order valence-electron chi connectivity index (χ1n) is 11.2. The van der Waals surface area contributed by atoms with Crippen molar-refractivity contribution in [3.05, 3.63) is 77.2 Å². The minimum absolute atomic E-state index is 0.0138. The number of nitrogens with one attached hydrogen (secondary N) is 1. The van der Waals surface area contributed by atoms with Crippen LogP contribution < -0.4 is 5.32 Å². The molecule has 4 rings (SSSR count). The van der Waals surface area contributed by atoms with Gasteiger partial charge in [0.1, 0.15) is 5.82 Å². The first kappa shape index (κ1) is 21.8. The van der Waals surface area contributed by atoms with Crippen LogP contribution in [0.15, 0.2) is 54.7 Å². The van der Waals surface area contributed by atoms with Crippen LogP contribution in [0.25, 0.3) is 10.8 Å².